The van der Waals surface area contributed by atoms with Gasteiger partial charge in [0, 0.05) is 10.6 Å². The Morgan fingerprint density at radius 3 is 2.76 bits per heavy atom. The zero-order chi connectivity index (χ0) is 14.7. The summed E-state index contributed by atoms with van der Waals surface area (Å²) >= 11 is 7.22. The van der Waals surface area contributed by atoms with E-state index in [1.807, 2.05) is 24.3 Å². The van der Waals surface area contributed by atoms with Crippen LogP contribution in [0, 0.1) is 0 Å². The quantitative estimate of drug-likeness (QED) is 0.789. The molecule has 21 heavy (non-hydrogen) atoms. The molecular formula is C16H12ClNO2S. The van der Waals surface area contributed by atoms with Gasteiger partial charge in [0.2, 0.25) is 0 Å². The van der Waals surface area contributed by atoms with Crippen LogP contribution < -0.4 is 4.74 Å². The Bertz CT molecular complexity index is 698. The Morgan fingerprint density at radius 1 is 1.19 bits per heavy atom. The normalized spacial score (nSPS) is 13.1. The Morgan fingerprint density at radius 2 is 1.95 bits per heavy atom. The zero-order valence-electron chi connectivity index (χ0n) is 11.1. The second kappa shape index (κ2) is 6.33. The monoisotopic (exact) mass is 317 g/mol. The average Bonchev–Trinajstić information content (AvgIpc) is 2.53. The lowest BCUT2D eigenvalue weighted by molar-refractivity contribution is 0.102. The predicted molar refractivity (Wildman–Crippen MR) is 87.3 cm³/mol. The molecule has 1 aliphatic rings. The molecule has 1 aliphatic heterocycles. The second-order valence-corrected chi connectivity index (χ2v) is 5.97. The van der Waals surface area contributed by atoms with E-state index >= 15 is 0 Å². The molecule has 2 aromatic carbocycles. The Hall–Kier alpha value is -1.78. The molecule has 3 nitrogen and oxygen atoms in total. The third-order valence-electron chi connectivity index (χ3n) is 3.00. The minimum Gasteiger partial charge on any atom is -0.484 e. The summed E-state index contributed by atoms with van der Waals surface area (Å²) in [5, 5.41) is 1.44. The van der Waals surface area contributed by atoms with Crippen molar-refractivity contribution in [2.24, 2.45) is 4.99 Å². The zero-order valence-corrected chi connectivity index (χ0v) is 12.7. The molecule has 0 saturated heterocycles. The number of benzene rings is 2. The molecule has 5 heteroatoms. The maximum atomic E-state index is 12.1. The van der Waals surface area contributed by atoms with Gasteiger partial charge in [-0.2, -0.15) is 0 Å². The van der Waals surface area contributed by atoms with Gasteiger partial charge in [-0.05, 0) is 36.4 Å². The number of para-hydroxylation sites is 2. The predicted octanol–water partition coefficient (Wildman–Crippen LogP) is 4.38. The van der Waals surface area contributed by atoms with Gasteiger partial charge in [0.05, 0.1) is 5.75 Å². The minimum atomic E-state index is 0.0539. The van der Waals surface area contributed by atoms with Crippen LogP contribution in [0.5, 0.6) is 5.75 Å². The molecule has 0 saturated carbocycles. The number of Topliss-reactive ketones (excluding diaryl/α,β-unsaturated/α-hetero) is 1. The number of aliphatic imine (C=N–C) groups is 1. The fourth-order valence-corrected chi connectivity index (χ4v) is 2.82. The second-order valence-electron chi connectivity index (χ2n) is 4.48. The van der Waals surface area contributed by atoms with Gasteiger partial charge in [-0.3, -0.25) is 4.79 Å². The van der Waals surface area contributed by atoms with Gasteiger partial charge >= 0.3 is 0 Å². The number of carbonyl (C=O) groups is 1. The highest BCUT2D eigenvalue weighted by atomic mass is 35.5. The van der Waals surface area contributed by atoms with Crippen molar-refractivity contribution in [1.29, 1.82) is 0 Å². The van der Waals surface area contributed by atoms with Gasteiger partial charge in [0.1, 0.15) is 23.1 Å². The van der Waals surface area contributed by atoms with Crippen LogP contribution in [0.2, 0.25) is 5.02 Å². The van der Waals surface area contributed by atoms with Gasteiger partial charge < -0.3 is 4.74 Å². The molecule has 106 valence electrons. The molecule has 0 N–H and O–H groups in total. The highest BCUT2D eigenvalue weighted by Crippen LogP contribution is 2.31. The van der Waals surface area contributed by atoms with Crippen molar-refractivity contribution in [2.45, 2.75) is 0 Å². The van der Waals surface area contributed by atoms with Crippen LogP contribution in [0.25, 0.3) is 0 Å². The van der Waals surface area contributed by atoms with Crippen LogP contribution in [0.15, 0.2) is 53.5 Å². The summed E-state index contributed by atoms with van der Waals surface area (Å²) < 4.78 is 5.61. The standard InChI is InChI=1S/C16H12ClNO2S/c17-12-7-5-11(6-8-12)14(19)10-21-16-9-20-15-4-2-1-3-13(15)18-16/h1-8H,9-10H2. The average molecular weight is 318 g/mol. The van der Waals surface area contributed by atoms with Crippen molar-refractivity contribution in [3.63, 3.8) is 0 Å². The Labute approximate surface area is 132 Å². The van der Waals surface area contributed by atoms with Crippen molar-refractivity contribution in [3.8, 4) is 5.75 Å². The van der Waals surface area contributed by atoms with Crippen molar-refractivity contribution in [2.75, 3.05) is 12.4 Å². The van der Waals surface area contributed by atoms with Crippen LogP contribution in [0.4, 0.5) is 5.69 Å². The summed E-state index contributed by atoms with van der Waals surface area (Å²) in [6.07, 6.45) is 0. The van der Waals surface area contributed by atoms with Crippen LogP contribution in [-0.4, -0.2) is 23.2 Å². The van der Waals surface area contributed by atoms with Gasteiger partial charge in [0.25, 0.3) is 0 Å². The third-order valence-corrected chi connectivity index (χ3v) is 4.20. The molecule has 0 unspecified atom stereocenters. The lowest BCUT2D eigenvalue weighted by Crippen LogP contribution is -2.14. The molecule has 0 atom stereocenters. The van der Waals surface area contributed by atoms with Crippen molar-refractivity contribution in [3.05, 3.63) is 59.1 Å². The molecule has 3 rings (SSSR count). The lowest BCUT2D eigenvalue weighted by Gasteiger charge is -2.15. The molecule has 0 radical (unpaired) electrons. The summed E-state index contributed by atoms with van der Waals surface area (Å²) in [5.41, 5.74) is 1.47. The van der Waals surface area contributed by atoms with Gasteiger partial charge in [-0.15, -0.1) is 0 Å². The molecule has 2 aromatic rings. The fourth-order valence-electron chi connectivity index (χ4n) is 1.92. The van der Waals surface area contributed by atoms with E-state index in [4.69, 9.17) is 16.3 Å². The lowest BCUT2D eigenvalue weighted by atomic mass is 10.1. The van der Waals surface area contributed by atoms with Crippen molar-refractivity contribution in [1.82, 2.24) is 0 Å². The molecule has 1 heterocycles. The highest BCUT2D eigenvalue weighted by molar-refractivity contribution is 8.14. The number of ketones is 1. The first-order chi connectivity index (χ1) is 10.2. The van der Waals surface area contributed by atoms with E-state index in [1.165, 1.54) is 11.8 Å². The molecule has 0 fully saturated rings. The topological polar surface area (TPSA) is 38.7 Å². The third kappa shape index (κ3) is 3.46. The summed E-state index contributed by atoms with van der Waals surface area (Å²) in [6, 6.07) is 14.5. The molecule has 0 amide bonds. The van der Waals surface area contributed by atoms with E-state index in [0.29, 0.717) is 22.9 Å². The maximum absolute atomic E-state index is 12.1. The summed E-state index contributed by atoms with van der Waals surface area (Å²) in [7, 11) is 0. The van der Waals surface area contributed by atoms with Gasteiger partial charge in [0.15, 0.2) is 5.78 Å². The first-order valence-corrected chi connectivity index (χ1v) is 7.80. The number of fused-ring (bicyclic) bond motifs is 1. The number of nitrogens with zero attached hydrogens (tertiary/aromatic N) is 1. The first kappa shape index (κ1) is 14.2. The number of rotatable bonds is 3. The highest BCUT2D eigenvalue weighted by Gasteiger charge is 2.14. The summed E-state index contributed by atoms with van der Waals surface area (Å²) in [5.74, 6) is 1.18. The minimum absolute atomic E-state index is 0.0539. The Balaban J connectivity index is 1.65. The first-order valence-electron chi connectivity index (χ1n) is 6.43. The fraction of sp³-hybridized carbons (Fsp3) is 0.125. The smallest absolute Gasteiger partial charge is 0.173 e. The molecule has 0 bridgehead atoms. The summed E-state index contributed by atoms with van der Waals surface area (Å²) in [6.45, 7) is 0.412. The largest absolute Gasteiger partial charge is 0.484 e. The molecule has 0 aliphatic carbocycles. The van der Waals surface area contributed by atoms with Crippen LogP contribution in [-0.2, 0) is 0 Å². The maximum Gasteiger partial charge on any atom is 0.173 e. The number of hydrogen-bond acceptors (Lipinski definition) is 4. The molecule has 0 aromatic heterocycles. The van der Waals surface area contributed by atoms with Crippen LogP contribution >= 0.6 is 23.4 Å². The number of ether oxygens (including phenoxy) is 1. The van der Waals surface area contributed by atoms with E-state index in [9.17, 15) is 4.79 Å². The Kier molecular flexibility index (Phi) is 4.27. The molecular weight excluding hydrogens is 306 g/mol. The van der Waals surface area contributed by atoms with E-state index < -0.39 is 0 Å². The van der Waals surface area contributed by atoms with E-state index in [0.717, 1.165) is 16.5 Å². The van der Waals surface area contributed by atoms with Crippen molar-refractivity contribution >= 4 is 39.9 Å². The number of hydrogen-bond donors (Lipinski definition) is 0. The van der Waals surface area contributed by atoms with Crippen LogP contribution in [0.3, 0.4) is 0 Å². The van der Waals surface area contributed by atoms with E-state index in [2.05, 4.69) is 4.99 Å². The van der Waals surface area contributed by atoms with Crippen LogP contribution in [0.1, 0.15) is 10.4 Å². The van der Waals surface area contributed by atoms with E-state index in [-0.39, 0.29) is 5.78 Å². The van der Waals surface area contributed by atoms with E-state index in [1.54, 1.807) is 24.3 Å². The van der Waals surface area contributed by atoms with Gasteiger partial charge in [-0.25, -0.2) is 4.99 Å². The molecule has 0 spiro atoms. The summed E-state index contributed by atoms with van der Waals surface area (Å²) in [4.78, 5) is 16.6. The number of thioether (sulfide) groups is 1. The number of carbonyl (C=O) groups excluding carboxylic acids is 1. The number of halogens is 1. The SMILES string of the molecule is O=C(CSC1=Nc2ccccc2OC1)c1ccc(Cl)cc1. The van der Waals surface area contributed by atoms with Gasteiger partial charge in [-0.1, -0.05) is 35.5 Å². The van der Waals surface area contributed by atoms with Crippen molar-refractivity contribution < 1.29 is 9.53 Å².